The minimum absolute atomic E-state index is 0.172. The molecule has 146 valence electrons. The summed E-state index contributed by atoms with van der Waals surface area (Å²) in [5.41, 5.74) is 2.32. The summed E-state index contributed by atoms with van der Waals surface area (Å²) in [6.45, 7) is 0. The highest BCUT2D eigenvalue weighted by Crippen LogP contribution is 2.16. The molecule has 0 atom stereocenters. The Labute approximate surface area is 163 Å². The molecule has 0 aliphatic heterocycles. The van der Waals surface area contributed by atoms with Crippen molar-refractivity contribution >= 4 is 21.6 Å². The van der Waals surface area contributed by atoms with Crippen LogP contribution in [0, 0.1) is 0 Å². The van der Waals surface area contributed by atoms with Crippen LogP contribution >= 0.6 is 0 Å². The Balaban J connectivity index is 1.60. The zero-order valence-electron chi connectivity index (χ0n) is 15.6. The summed E-state index contributed by atoms with van der Waals surface area (Å²) in [6.07, 6.45) is 2.63. The fraction of sp³-hybridized carbons (Fsp3) is 0.200. The maximum atomic E-state index is 12.3. The van der Waals surface area contributed by atoms with Gasteiger partial charge in [0.25, 0.3) is 5.91 Å². The SMILES string of the molecule is COc1cccc(CCc2cc(NC(=O)c3ccc(S(C)(=O)=O)cc3)[nH]n2)c1. The van der Waals surface area contributed by atoms with E-state index < -0.39 is 9.84 Å². The van der Waals surface area contributed by atoms with Crippen molar-refractivity contribution in [2.75, 3.05) is 18.7 Å². The van der Waals surface area contributed by atoms with Crippen molar-refractivity contribution in [1.82, 2.24) is 10.2 Å². The van der Waals surface area contributed by atoms with E-state index in [0.29, 0.717) is 17.8 Å². The van der Waals surface area contributed by atoms with E-state index in [1.54, 1.807) is 13.2 Å². The van der Waals surface area contributed by atoms with Crippen molar-refractivity contribution < 1.29 is 17.9 Å². The first-order valence-corrected chi connectivity index (χ1v) is 10.5. The number of rotatable bonds is 7. The van der Waals surface area contributed by atoms with Crippen LogP contribution in [0.25, 0.3) is 0 Å². The van der Waals surface area contributed by atoms with E-state index in [0.717, 1.165) is 29.7 Å². The molecule has 0 saturated carbocycles. The number of amides is 1. The van der Waals surface area contributed by atoms with E-state index in [2.05, 4.69) is 15.5 Å². The quantitative estimate of drug-likeness (QED) is 0.636. The molecule has 0 saturated heterocycles. The predicted molar refractivity (Wildman–Crippen MR) is 106 cm³/mol. The summed E-state index contributed by atoms with van der Waals surface area (Å²) >= 11 is 0. The van der Waals surface area contributed by atoms with Gasteiger partial charge in [-0.25, -0.2) is 8.42 Å². The summed E-state index contributed by atoms with van der Waals surface area (Å²) < 4.78 is 28.2. The number of nitrogens with zero attached hydrogens (tertiary/aromatic N) is 1. The average Bonchev–Trinajstić information content (AvgIpc) is 3.13. The van der Waals surface area contributed by atoms with Gasteiger partial charge in [-0.05, 0) is 54.8 Å². The third kappa shape index (κ3) is 4.98. The lowest BCUT2D eigenvalue weighted by Gasteiger charge is -2.04. The molecule has 1 aromatic heterocycles. The molecule has 0 bridgehead atoms. The molecule has 3 rings (SSSR count). The first kappa shape index (κ1) is 19.6. The van der Waals surface area contributed by atoms with E-state index in [4.69, 9.17) is 4.74 Å². The van der Waals surface area contributed by atoms with Gasteiger partial charge in [-0.1, -0.05) is 12.1 Å². The van der Waals surface area contributed by atoms with Gasteiger partial charge in [0.15, 0.2) is 9.84 Å². The van der Waals surface area contributed by atoms with Gasteiger partial charge in [-0.15, -0.1) is 0 Å². The van der Waals surface area contributed by atoms with Gasteiger partial charge in [0, 0.05) is 17.9 Å². The monoisotopic (exact) mass is 399 g/mol. The molecular weight excluding hydrogens is 378 g/mol. The van der Waals surface area contributed by atoms with Crippen molar-refractivity contribution in [2.24, 2.45) is 0 Å². The number of aromatic nitrogens is 2. The largest absolute Gasteiger partial charge is 0.497 e. The molecule has 3 aromatic rings. The Morgan fingerprint density at radius 1 is 1.11 bits per heavy atom. The Bertz CT molecular complexity index is 1070. The number of carbonyl (C=O) groups is 1. The predicted octanol–water partition coefficient (Wildman–Crippen LogP) is 2.86. The second-order valence-electron chi connectivity index (χ2n) is 6.38. The number of hydrogen-bond acceptors (Lipinski definition) is 5. The van der Waals surface area contributed by atoms with Gasteiger partial charge in [0.2, 0.25) is 0 Å². The zero-order valence-corrected chi connectivity index (χ0v) is 16.4. The van der Waals surface area contributed by atoms with E-state index in [1.165, 1.54) is 24.3 Å². The van der Waals surface area contributed by atoms with Gasteiger partial charge in [-0.2, -0.15) is 5.10 Å². The van der Waals surface area contributed by atoms with E-state index >= 15 is 0 Å². The fourth-order valence-electron chi connectivity index (χ4n) is 2.70. The topological polar surface area (TPSA) is 101 Å². The van der Waals surface area contributed by atoms with Crippen LogP contribution in [0.3, 0.4) is 0 Å². The first-order valence-electron chi connectivity index (χ1n) is 8.64. The lowest BCUT2D eigenvalue weighted by molar-refractivity contribution is 0.102. The van der Waals surface area contributed by atoms with Gasteiger partial charge in [0.1, 0.15) is 11.6 Å². The van der Waals surface area contributed by atoms with Crippen LogP contribution in [0.1, 0.15) is 21.6 Å². The van der Waals surface area contributed by atoms with E-state index in [1.807, 2.05) is 24.3 Å². The van der Waals surface area contributed by atoms with Gasteiger partial charge >= 0.3 is 0 Å². The smallest absolute Gasteiger partial charge is 0.256 e. The Kier molecular flexibility index (Phi) is 5.79. The standard InChI is InChI=1S/C20H21N3O4S/c1-27-17-5-3-4-14(12-17)6-9-16-13-19(23-22-16)21-20(24)15-7-10-18(11-8-15)28(2,25)26/h3-5,7-8,10-13H,6,9H2,1-2H3,(H2,21,22,23,24). The second-order valence-corrected chi connectivity index (χ2v) is 8.39. The maximum absolute atomic E-state index is 12.3. The van der Waals surface area contributed by atoms with Gasteiger partial charge in [0.05, 0.1) is 17.7 Å². The van der Waals surface area contributed by atoms with Crippen LogP contribution in [-0.4, -0.2) is 37.9 Å². The normalized spacial score (nSPS) is 11.2. The number of ether oxygens (including phenoxy) is 1. The lowest BCUT2D eigenvalue weighted by Crippen LogP contribution is -2.12. The average molecular weight is 399 g/mol. The maximum Gasteiger partial charge on any atom is 0.256 e. The van der Waals surface area contributed by atoms with Gasteiger partial charge in [-0.3, -0.25) is 9.89 Å². The number of H-pyrrole nitrogens is 1. The molecular formula is C20H21N3O4S. The van der Waals surface area contributed by atoms with Crippen LogP contribution in [0.2, 0.25) is 0 Å². The number of nitrogens with one attached hydrogen (secondary N) is 2. The van der Waals surface area contributed by atoms with Crippen LogP contribution < -0.4 is 10.1 Å². The third-order valence-corrected chi connectivity index (χ3v) is 5.36. The van der Waals surface area contributed by atoms with Gasteiger partial charge < -0.3 is 10.1 Å². The lowest BCUT2D eigenvalue weighted by atomic mass is 10.1. The molecule has 7 nitrogen and oxygen atoms in total. The Morgan fingerprint density at radius 3 is 2.54 bits per heavy atom. The second kappa shape index (κ2) is 8.26. The van der Waals surface area contributed by atoms with Crippen LogP contribution in [0.5, 0.6) is 5.75 Å². The minimum atomic E-state index is -3.29. The van der Waals surface area contributed by atoms with E-state index in [9.17, 15) is 13.2 Å². The number of hydrogen-bond donors (Lipinski definition) is 2. The van der Waals surface area contributed by atoms with Crippen molar-refractivity contribution in [3.63, 3.8) is 0 Å². The number of anilines is 1. The molecule has 2 N–H and O–H groups in total. The van der Waals surface area contributed by atoms with E-state index in [-0.39, 0.29) is 10.8 Å². The summed E-state index contributed by atoms with van der Waals surface area (Å²) in [7, 11) is -1.65. The molecule has 0 radical (unpaired) electrons. The van der Waals surface area contributed by atoms with Crippen molar-refractivity contribution in [2.45, 2.75) is 17.7 Å². The summed E-state index contributed by atoms with van der Waals surface area (Å²) in [5.74, 6) is 0.954. The van der Waals surface area contributed by atoms with Crippen LogP contribution in [0.15, 0.2) is 59.5 Å². The Hall–Kier alpha value is -3.13. The number of sulfone groups is 1. The number of methoxy groups -OCH3 is 1. The number of aryl methyl sites for hydroxylation is 2. The van der Waals surface area contributed by atoms with Crippen molar-refractivity contribution in [3.8, 4) is 5.75 Å². The molecule has 0 spiro atoms. The molecule has 28 heavy (non-hydrogen) atoms. The highest BCUT2D eigenvalue weighted by atomic mass is 32.2. The molecule has 0 aliphatic rings. The molecule has 1 heterocycles. The molecule has 8 heteroatoms. The van der Waals surface area contributed by atoms with Crippen molar-refractivity contribution in [1.29, 1.82) is 0 Å². The molecule has 1 amide bonds. The number of benzene rings is 2. The summed E-state index contributed by atoms with van der Waals surface area (Å²) in [6, 6.07) is 15.4. The minimum Gasteiger partial charge on any atom is -0.497 e. The highest BCUT2D eigenvalue weighted by molar-refractivity contribution is 7.90. The van der Waals surface area contributed by atoms with Crippen molar-refractivity contribution in [3.05, 3.63) is 71.4 Å². The first-order chi connectivity index (χ1) is 13.3. The van der Waals surface area contributed by atoms with Crippen LogP contribution in [-0.2, 0) is 22.7 Å². The summed E-state index contributed by atoms with van der Waals surface area (Å²) in [5, 5.41) is 9.74. The highest BCUT2D eigenvalue weighted by Gasteiger charge is 2.11. The molecule has 0 aliphatic carbocycles. The Morgan fingerprint density at radius 2 is 1.86 bits per heavy atom. The summed E-state index contributed by atoms with van der Waals surface area (Å²) in [4.78, 5) is 12.5. The molecule has 2 aromatic carbocycles. The van der Waals surface area contributed by atoms with Crippen LogP contribution in [0.4, 0.5) is 5.82 Å². The zero-order chi connectivity index (χ0) is 20.1. The number of aromatic amines is 1. The third-order valence-electron chi connectivity index (χ3n) is 4.23. The molecule has 0 fully saturated rings. The fourth-order valence-corrected chi connectivity index (χ4v) is 3.33. The number of carbonyl (C=O) groups excluding carboxylic acids is 1. The molecule has 0 unspecified atom stereocenters.